The van der Waals surface area contributed by atoms with Gasteiger partial charge in [0, 0.05) is 55.2 Å². The maximum atomic E-state index is 13.5. The number of fused-ring (bicyclic) bond motifs is 1. The van der Waals surface area contributed by atoms with Crippen molar-refractivity contribution in [2.45, 2.75) is 35.1 Å². The fourth-order valence-electron chi connectivity index (χ4n) is 4.44. The molecule has 1 saturated heterocycles. The number of hydrogen-bond donors (Lipinski definition) is 1. The standard InChI is InChI=1S/C25H27BrN6O3S2/c1-36(2,33)20-7-9-21(10-8-20)37(34,35)31-12-4-6-19(17-31)23-13-24(28-15-18-5-3-11-27-14-18)32-25(30-23)22(26)16-29-32/h3,5,7-11,13-14,16,19,28H,1,4,6,12,15,17H2,2H3. The second-order valence-electron chi connectivity index (χ2n) is 9.19. The molecule has 2 atom stereocenters. The van der Waals surface area contributed by atoms with Gasteiger partial charge < -0.3 is 5.32 Å². The summed E-state index contributed by atoms with van der Waals surface area (Å²) in [7, 11) is -6.13. The van der Waals surface area contributed by atoms with Gasteiger partial charge >= 0.3 is 0 Å². The first-order valence-electron chi connectivity index (χ1n) is 11.7. The van der Waals surface area contributed by atoms with Crippen molar-refractivity contribution in [1.82, 2.24) is 23.9 Å². The number of anilines is 1. The number of sulfonamides is 1. The number of benzene rings is 1. The zero-order chi connectivity index (χ0) is 26.2. The molecule has 1 N–H and O–H groups in total. The third-order valence-electron chi connectivity index (χ3n) is 6.41. The fourth-order valence-corrected chi connectivity index (χ4v) is 7.02. The van der Waals surface area contributed by atoms with Crippen molar-refractivity contribution in [3.63, 3.8) is 0 Å². The number of nitrogens with one attached hydrogen (secondary N) is 1. The molecule has 0 aliphatic carbocycles. The highest BCUT2D eigenvalue weighted by Gasteiger charge is 2.32. The summed E-state index contributed by atoms with van der Waals surface area (Å²) in [6, 6.07) is 12.0. The Labute approximate surface area is 225 Å². The predicted octanol–water partition coefficient (Wildman–Crippen LogP) is 3.77. The number of rotatable bonds is 7. The first-order chi connectivity index (χ1) is 17.6. The van der Waals surface area contributed by atoms with Crippen molar-refractivity contribution < 1.29 is 12.6 Å². The van der Waals surface area contributed by atoms with Crippen LogP contribution in [0, 0.1) is 0 Å². The van der Waals surface area contributed by atoms with Crippen LogP contribution in [-0.2, 0) is 26.1 Å². The normalized spacial score (nSPS) is 18.5. The smallest absolute Gasteiger partial charge is 0.243 e. The van der Waals surface area contributed by atoms with Crippen molar-refractivity contribution in [2.24, 2.45) is 0 Å². The molecular weight excluding hydrogens is 576 g/mol. The van der Waals surface area contributed by atoms with E-state index < -0.39 is 19.5 Å². The second kappa shape index (κ2) is 10.2. The van der Waals surface area contributed by atoms with Crippen molar-refractivity contribution >= 4 is 52.8 Å². The van der Waals surface area contributed by atoms with E-state index in [4.69, 9.17) is 4.98 Å². The van der Waals surface area contributed by atoms with Gasteiger partial charge in [0.1, 0.15) is 5.82 Å². The van der Waals surface area contributed by atoms with Gasteiger partial charge in [-0.25, -0.2) is 13.4 Å². The Hall–Kier alpha value is -2.80. The minimum Gasteiger partial charge on any atom is -0.366 e. The van der Waals surface area contributed by atoms with Gasteiger partial charge in [-0.3, -0.25) is 9.19 Å². The van der Waals surface area contributed by atoms with Crippen LogP contribution in [0.3, 0.4) is 0 Å². The maximum Gasteiger partial charge on any atom is 0.243 e. The summed E-state index contributed by atoms with van der Waals surface area (Å²) in [5.41, 5.74) is 2.50. The number of hydrogen-bond acceptors (Lipinski definition) is 7. The Balaban J connectivity index is 1.42. The molecule has 0 radical (unpaired) electrons. The molecule has 0 spiro atoms. The summed E-state index contributed by atoms with van der Waals surface area (Å²) in [6.45, 7) is 1.31. The van der Waals surface area contributed by atoms with E-state index >= 15 is 0 Å². The van der Waals surface area contributed by atoms with Crippen LogP contribution >= 0.6 is 15.9 Å². The van der Waals surface area contributed by atoms with Crippen LogP contribution in [0.5, 0.6) is 0 Å². The number of halogens is 1. The molecular formula is C25H27BrN6O3S2. The summed E-state index contributed by atoms with van der Waals surface area (Å²) >= 11 is 3.53. The van der Waals surface area contributed by atoms with Crippen LogP contribution in [0.4, 0.5) is 5.82 Å². The summed E-state index contributed by atoms with van der Waals surface area (Å²) in [6.07, 6.45) is 8.31. The summed E-state index contributed by atoms with van der Waals surface area (Å²) in [5, 5.41) is 7.85. The highest BCUT2D eigenvalue weighted by molar-refractivity contribution is 9.10. The van der Waals surface area contributed by atoms with E-state index in [1.54, 1.807) is 35.2 Å². The third-order valence-corrected chi connectivity index (χ3v) is 10.1. The Morgan fingerprint density at radius 2 is 1.89 bits per heavy atom. The molecule has 0 bridgehead atoms. The van der Waals surface area contributed by atoms with Crippen molar-refractivity contribution in [3.8, 4) is 0 Å². The Bertz CT molecular complexity index is 1640. The Morgan fingerprint density at radius 1 is 1.14 bits per heavy atom. The van der Waals surface area contributed by atoms with Crippen molar-refractivity contribution in [3.05, 3.63) is 76.8 Å². The highest BCUT2D eigenvalue weighted by Crippen LogP contribution is 2.32. The molecule has 9 nitrogen and oxygen atoms in total. The van der Waals surface area contributed by atoms with Gasteiger partial charge in [-0.2, -0.15) is 13.9 Å². The molecule has 5 rings (SSSR count). The van der Waals surface area contributed by atoms with Crippen molar-refractivity contribution in [2.75, 3.05) is 24.7 Å². The van der Waals surface area contributed by atoms with E-state index in [0.717, 1.165) is 34.4 Å². The molecule has 4 aromatic rings. The van der Waals surface area contributed by atoms with Crippen LogP contribution in [0.25, 0.3) is 5.65 Å². The van der Waals surface area contributed by atoms with Gasteiger partial charge in [-0.05, 0) is 80.1 Å². The Morgan fingerprint density at radius 3 is 2.59 bits per heavy atom. The molecule has 1 aromatic carbocycles. The van der Waals surface area contributed by atoms with Crippen LogP contribution < -0.4 is 5.32 Å². The number of pyridine rings is 1. The van der Waals surface area contributed by atoms with Gasteiger partial charge in [0.05, 0.1) is 21.3 Å². The molecule has 37 heavy (non-hydrogen) atoms. The molecule has 1 aliphatic heterocycles. The predicted molar refractivity (Wildman–Crippen MR) is 149 cm³/mol. The summed E-state index contributed by atoms with van der Waals surface area (Å²) in [4.78, 5) is 9.72. The first-order valence-corrected chi connectivity index (χ1v) is 16.1. The number of piperidine rings is 1. The SMILES string of the molecule is C=S(C)(=O)c1ccc(S(=O)(=O)N2CCCC(c3cc(NCc4cccnc4)n4ncc(Br)c4n3)C2)cc1. The molecule has 3 aromatic heterocycles. The fraction of sp³-hybridized carbons (Fsp3) is 0.280. The van der Waals surface area contributed by atoms with Crippen LogP contribution in [0.15, 0.2) is 75.3 Å². The monoisotopic (exact) mass is 602 g/mol. The molecule has 194 valence electrons. The second-order valence-corrected chi connectivity index (χ2v) is 14.5. The molecule has 0 amide bonds. The van der Waals surface area contributed by atoms with E-state index in [2.05, 4.69) is 37.2 Å². The molecule has 1 aliphatic rings. The lowest BCUT2D eigenvalue weighted by molar-refractivity contribution is 0.313. The minimum absolute atomic E-state index is 0.0808. The zero-order valence-electron chi connectivity index (χ0n) is 20.2. The van der Waals surface area contributed by atoms with Crippen LogP contribution in [0.1, 0.15) is 30.0 Å². The largest absolute Gasteiger partial charge is 0.366 e. The lowest BCUT2D eigenvalue weighted by atomic mass is 9.96. The zero-order valence-corrected chi connectivity index (χ0v) is 23.5. The van der Waals surface area contributed by atoms with Gasteiger partial charge in [0.2, 0.25) is 10.0 Å². The maximum absolute atomic E-state index is 13.5. The number of aromatic nitrogens is 4. The van der Waals surface area contributed by atoms with Gasteiger partial charge in [-0.1, -0.05) is 6.07 Å². The highest BCUT2D eigenvalue weighted by atomic mass is 79.9. The summed E-state index contributed by atoms with van der Waals surface area (Å²) < 4.78 is 43.1. The molecule has 12 heteroatoms. The molecule has 4 heterocycles. The molecule has 2 unspecified atom stereocenters. The quantitative estimate of drug-likeness (QED) is 0.321. The lowest BCUT2D eigenvalue weighted by Gasteiger charge is -2.32. The van der Waals surface area contributed by atoms with E-state index in [1.165, 1.54) is 22.7 Å². The molecule has 0 saturated carbocycles. The van der Waals surface area contributed by atoms with Gasteiger partial charge in [-0.15, -0.1) is 0 Å². The van der Waals surface area contributed by atoms with Crippen LogP contribution in [-0.4, -0.2) is 61.7 Å². The van der Waals surface area contributed by atoms with Crippen LogP contribution in [0.2, 0.25) is 0 Å². The van der Waals surface area contributed by atoms with E-state index in [1.807, 2.05) is 18.2 Å². The molecule has 1 fully saturated rings. The lowest BCUT2D eigenvalue weighted by Crippen LogP contribution is -2.39. The minimum atomic E-state index is -3.72. The topological polar surface area (TPSA) is 110 Å². The number of nitrogens with zero attached hydrogens (tertiary/aromatic N) is 5. The van der Waals surface area contributed by atoms with E-state index in [0.29, 0.717) is 30.2 Å². The third kappa shape index (κ3) is 5.42. The first kappa shape index (κ1) is 25.8. The average molecular weight is 604 g/mol. The average Bonchev–Trinajstić information content (AvgIpc) is 3.28. The summed E-state index contributed by atoms with van der Waals surface area (Å²) in [5.74, 6) is 4.35. The van der Waals surface area contributed by atoms with E-state index in [9.17, 15) is 12.6 Å². The van der Waals surface area contributed by atoms with Gasteiger partial charge in [0.15, 0.2) is 5.65 Å². The van der Waals surface area contributed by atoms with E-state index in [-0.39, 0.29) is 10.8 Å². The van der Waals surface area contributed by atoms with Gasteiger partial charge in [0.25, 0.3) is 0 Å². The Kier molecular flexibility index (Phi) is 7.10. The van der Waals surface area contributed by atoms with Crippen molar-refractivity contribution in [1.29, 1.82) is 0 Å².